The van der Waals surface area contributed by atoms with Crippen LogP contribution in [0.5, 0.6) is 0 Å². The maximum Gasteiger partial charge on any atom is 0.0693 e. The summed E-state index contributed by atoms with van der Waals surface area (Å²) < 4.78 is 5.28. The zero-order chi connectivity index (χ0) is 10.6. The van der Waals surface area contributed by atoms with E-state index in [1.807, 2.05) is 0 Å². The van der Waals surface area contributed by atoms with Crippen molar-refractivity contribution in [3.05, 3.63) is 0 Å². The van der Waals surface area contributed by atoms with Crippen LogP contribution in [-0.2, 0) is 4.74 Å². The molecular weight excluding hydrogens is 176 g/mol. The molecule has 0 spiro atoms. The van der Waals surface area contributed by atoms with Gasteiger partial charge in [-0.15, -0.1) is 0 Å². The maximum atomic E-state index is 5.28. The summed E-state index contributed by atoms with van der Waals surface area (Å²) in [4.78, 5) is 2.44. The Hall–Kier alpha value is -0.120. The van der Waals surface area contributed by atoms with E-state index in [0.717, 1.165) is 12.6 Å². The molecule has 0 aliphatic carbocycles. The molecular formula is C11H24N2O. The lowest BCUT2D eigenvalue weighted by Crippen LogP contribution is -2.43. The number of likely N-dealkylation sites (tertiary alicyclic amines) is 1. The standard InChI is InChI=1S/C11H24N2O/c1-9(10(2)14-4)12-8-11-6-5-7-13(11)3/h9-12H,5-8H2,1-4H3. The third-order valence-corrected chi connectivity index (χ3v) is 3.42. The van der Waals surface area contributed by atoms with Gasteiger partial charge in [-0.05, 0) is 40.3 Å². The van der Waals surface area contributed by atoms with E-state index in [9.17, 15) is 0 Å². The van der Waals surface area contributed by atoms with Crippen molar-refractivity contribution < 1.29 is 4.74 Å². The number of rotatable bonds is 5. The van der Waals surface area contributed by atoms with Crippen molar-refractivity contribution in [1.29, 1.82) is 0 Å². The van der Waals surface area contributed by atoms with Crippen molar-refractivity contribution in [1.82, 2.24) is 10.2 Å². The van der Waals surface area contributed by atoms with E-state index in [2.05, 4.69) is 31.1 Å². The number of nitrogens with one attached hydrogen (secondary N) is 1. The Balaban J connectivity index is 2.19. The molecule has 3 heteroatoms. The zero-order valence-electron chi connectivity index (χ0n) is 9.92. The molecule has 1 aliphatic rings. The molecule has 0 bridgehead atoms. The Morgan fingerprint density at radius 2 is 2.21 bits per heavy atom. The minimum Gasteiger partial charge on any atom is -0.380 e. The van der Waals surface area contributed by atoms with Gasteiger partial charge in [0.05, 0.1) is 6.10 Å². The summed E-state index contributed by atoms with van der Waals surface area (Å²) in [6, 6.07) is 1.16. The predicted molar refractivity (Wildman–Crippen MR) is 59.6 cm³/mol. The lowest BCUT2D eigenvalue weighted by molar-refractivity contribution is 0.0864. The fraction of sp³-hybridized carbons (Fsp3) is 1.00. The highest BCUT2D eigenvalue weighted by Gasteiger charge is 2.21. The van der Waals surface area contributed by atoms with Gasteiger partial charge in [0.1, 0.15) is 0 Å². The SMILES string of the molecule is COC(C)C(C)NCC1CCCN1C. The summed E-state index contributed by atoms with van der Waals surface area (Å²) in [6.07, 6.45) is 2.97. The average molecular weight is 200 g/mol. The van der Waals surface area contributed by atoms with E-state index in [1.165, 1.54) is 19.4 Å². The molecule has 1 N–H and O–H groups in total. The number of hydrogen-bond acceptors (Lipinski definition) is 3. The van der Waals surface area contributed by atoms with Gasteiger partial charge in [-0.25, -0.2) is 0 Å². The Kier molecular flexibility index (Phi) is 4.85. The van der Waals surface area contributed by atoms with E-state index in [1.54, 1.807) is 7.11 Å². The van der Waals surface area contributed by atoms with Crippen LogP contribution < -0.4 is 5.32 Å². The van der Waals surface area contributed by atoms with Crippen molar-refractivity contribution in [3.8, 4) is 0 Å². The highest BCUT2D eigenvalue weighted by molar-refractivity contribution is 4.80. The highest BCUT2D eigenvalue weighted by atomic mass is 16.5. The molecule has 1 aliphatic heterocycles. The van der Waals surface area contributed by atoms with Crippen molar-refractivity contribution in [2.24, 2.45) is 0 Å². The lowest BCUT2D eigenvalue weighted by Gasteiger charge is -2.25. The van der Waals surface area contributed by atoms with E-state index in [0.29, 0.717) is 12.1 Å². The van der Waals surface area contributed by atoms with Gasteiger partial charge in [-0.3, -0.25) is 0 Å². The van der Waals surface area contributed by atoms with Crippen LogP contribution in [-0.4, -0.2) is 50.3 Å². The van der Waals surface area contributed by atoms with Crippen molar-refractivity contribution in [2.75, 3.05) is 27.2 Å². The molecule has 0 radical (unpaired) electrons. The van der Waals surface area contributed by atoms with Gasteiger partial charge in [0.25, 0.3) is 0 Å². The first kappa shape index (κ1) is 12.0. The van der Waals surface area contributed by atoms with Gasteiger partial charge in [-0.2, -0.15) is 0 Å². The van der Waals surface area contributed by atoms with Gasteiger partial charge < -0.3 is 15.0 Å². The van der Waals surface area contributed by atoms with Crippen LogP contribution in [0.1, 0.15) is 26.7 Å². The van der Waals surface area contributed by atoms with E-state index >= 15 is 0 Å². The fourth-order valence-electron chi connectivity index (χ4n) is 1.93. The molecule has 0 aromatic carbocycles. The first-order chi connectivity index (χ1) is 6.65. The molecule has 1 saturated heterocycles. The molecule has 0 amide bonds. The smallest absolute Gasteiger partial charge is 0.0693 e. The van der Waals surface area contributed by atoms with Gasteiger partial charge in [0.15, 0.2) is 0 Å². The summed E-state index contributed by atoms with van der Waals surface area (Å²) >= 11 is 0. The second-order valence-electron chi connectivity index (χ2n) is 4.41. The first-order valence-electron chi connectivity index (χ1n) is 5.61. The number of ether oxygens (including phenoxy) is 1. The quantitative estimate of drug-likeness (QED) is 0.719. The summed E-state index contributed by atoms with van der Waals surface area (Å²) in [7, 11) is 3.98. The van der Waals surface area contributed by atoms with E-state index < -0.39 is 0 Å². The molecule has 1 heterocycles. The molecule has 0 saturated carbocycles. The third kappa shape index (κ3) is 3.23. The summed E-state index contributed by atoms with van der Waals surface area (Å²) in [5.41, 5.74) is 0. The van der Waals surface area contributed by atoms with Crippen LogP contribution in [0.25, 0.3) is 0 Å². The Morgan fingerprint density at radius 3 is 2.71 bits per heavy atom. The number of nitrogens with zero attached hydrogens (tertiary/aromatic N) is 1. The normalized spacial score (nSPS) is 27.9. The predicted octanol–water partition coefficient (Wildman–Crippen LogP) is 1.09. The Labute approximate surface area is 87.8 Å². The van der Waals surface area contributed by atoms with Crippen LogP contribution in [0.2, 0.25) is 0 Å². The largest absolute Gasteiger partial charge is 0.380 e. The van der Waals surface area contributed by atoms with Crippen LogP contribution >= 0.6 is 0 Å². The van der Waals surface area contributed by atoms with Crippen molar-refractivity contribution >= 4 is 0 Å². The zero-order valence-corrected chi connectivity index (χ0v) is 9.92. The highest BCUT2D eigenvalue weighted by Crippen LogP contribution is 2.13. The van der Waals surface area contributed by atoms with Crippen molar-refractivity contribution in [3.63, 3.8) is 0 Å². The minimum absolute atomic E-state index is 0.293. The third-order valence-electron chi connectivity index (χ3n) is 3.42. The van der Waals surface area contributed by atoms with Gasteiger partial charge in [0.2, 0.25) is 0 Å². The lowest BCUT2D eigenvalue weighted by atomic mass is 10.1. The number of likely N-dealkylation sites (N-methyl/N-ethyl adjacent to an activating group) is 1. The second kappa shape index (κ2) is 5.69. The van der Waals surface area contributed by atoms with Crippen LogP contribution in [0.4, 0.5) is 0 Å². The maximum absolute atomic E-state index is 5.28. The summed E-state index contributed by atoms with van der Waals surface area (Å²) in [5, 5.41) is 3.54. The molecule has 0 aromatic heterocycles. The van der Waals surface area contributed by atoms with E-state index in [4.69, 9.17) is 4.74 Å². The molecule has 14 heavy (non-hydrogen) atoms. The first-order valence-corrected chi connectivity index (χ1v) is 5.61. The molecule has 3 unspecified atom stereocenters. The molecule has 84 valence electrons. The van der Waals surface area contributed by atoms with Crippen LogP contribution in [0.3, 0.4) is 0 Å². The summed E-state index contributed by atoms with van der Waals surface area (Å²) in [5.74, 6) is 0. The van der Waals surface area contributed by atoms with Gasteiger partial charge in [-0.1, -0.05) is 0 Å². The van der Waals surface area contributed by atoms with Gasteiger partial charge in [0, 0.05) is 25.7 Å². The van der Waals surface area contributed by atoms with Crippen LogP contribution in [0, 0.1) is 0 Å². The fourth-order valence-corrected chi connectivity index (χ4v) is 1.93. The monoisotopic (exact) mass is 200 g/mol. The molecule has 1 fully saturated rings. The van der Waals surface area contributed by atoms with Crippen molar-refractivity contribution in [2.45, 2.75) is 44.9 Å². The van der Waals surface area contributed by atoms with E-state index in [-0.39, 0.29) is 0 Å². The van der Waals surface area contributed by atoms with Crippen LogP contribution in [0.15, 0.2) is 0 Å². The summed E-state index contributed by atoms with van der Waals surface area (Å²) in [6.45, 7) is 6.63. The Morgan fingerprint density at radius 1 is 1.50 bits per heavy atom. The number of methoxy groups -OCH3 is 1. The van der Waals surface area contributed by atoms with Gasteiger partial charge >= 0.3 is 0 Å². The second-order valence-corrected chi connectivity index (χ2v) is 4.41. The topological polar surface area (TPSA) is 24.5 Å². The number of hydrogen-bond donors (Lipinski definition) is 1. The minimum atomic E-state index is 0.293. The Bertz CT molecular complexity index is 163. The molecule has 3 nitrogen and oxygen atoms in total. The molecule has 3 atom stereocenters. The average Bonchev–Trinajstić information content (AvgIpc) is 2.59. The molecule has 1 rings (SSSR count). The molecule has 0 aromatic rings.